The molecule has 0 amide bonds. The first-order valence-electron chi connectivity index (χ1n) is 5.62. The van der Waals surface area contributed by atoms with Gasteiger partial charge in [0.05, 0.1) is 7.11 Å². The van der Waals surface area contributed by atoms with Crippen molar-refractivity contribution in [2.75, 3.05) is 13.7 Å². The molecule has 17 heavy (non-hydrogen) atoms. The van der Waals surface area contributed by atoms with Gasteiger partial charge in [0.2, 0.25) is 0 Å². The minimum absolute atomic E-state index is 0.168. The molecule has 1 atom stereocenters. The number of hydrogen-bond donors (Lipinski definition) is 0. The Balaban J connectivity index is 2.39. The van der Waals surface area contributed by atoms with Crippen LogP contribution in [0.25, 0.3) is 0 Å². The second-order valence-electron chi connectivity index (χ2n) is 3.64. The summed E-state index contributed by atoms with van der Waals surface area (Å²) in [6.45, 7) is 3.88. The lowest BCUT2D eigenvalue weighted by atomic mass is 10.3. The summed E-state index contributed by atoms with van der Waals surface area (Å²) in [4.78, 5) is 11.0. The summed E-state index contributed by atoms with van der Waals surface area (Å²) in [5.74, 6) is 1.29. The van der Waals surface area contributed by atoms with Gasteiger partial charge in [-0.2, -0.15) is 0 Å². The van der Waals surface area contributed by atoms with Gasteiger partial charge in [-0.05, 0) is 31.2 Å². The maximum absolute atomic E-state index is 11.0. The zero-order valence-corrected chi connectivity index (χ0v) is 10.4. The number of rotatable bonds is 6. The molecule has 1 aromatic carbocycles. The molecule has 0 aromatic heterocycles. The molecule has 1 rings (SSSR count). The van der Waals surface area contributed by atoms with Gasteiger partial charge in [0.15, 0.2) is 0 Å². The number of carbonyl (C=O) groups is 1. The number of esters is 1. The quantitative estimate of drug-likeness (QED) is 0.714. The molecule has 0 saturated carbocycles. The van der Waals surface area contributed by atoms with Gasteiger partial charge >= 0.3 is 5.97 Å². The third-order valence-electron chi connectivity index (χ3n) is 2.16. The van der Waals surface area contributed by atoms with Crippen molar-refractivity contribution < 1.29 is 19.0 Å². The fraction of sp³-hybridized carbons (Fsp3) is 0.462. The van der Waals surface area contributed by atoms with Crippen molar-refractivity contribution in [2.45, 2.75) is 26.4 Å². The summed E-state index contributed by atoms with van der Waals surface area (Å²) in [7, 11) is 1.61. The largest absolute Gasteiger partial charge is 0.497 e. The van der Waals surface area contributed by atoms with Crippen LogP contribution in [0.3, 0.4) is 0 Å². The number of ether oxygens (including phenoxy) is 3. The van der Waals surface area contributed by atoms with E-state index in [1.165, 1.54) is 0 Å². The maximum Gasteiger partial charge on any atom is 0.305 e. The predicted octanol–water partition coefficient (Wildman–Crippen LogP) is 2.42. The van der Waals surface area contributed by atoms with E-state index >= 15 is 0 Å². The van der Waals surface area contributed by atoms with E-state index in [4.69, 9.17) is 14.2 Å². The molecule has 0 radical (unpaired) electrons. The highest BCUT2D eigenvalue weighted by Crippen LogP contribution is 2.18. The number of hydrogen-bond acceptors (Lipinski definition) is 4. The van der Waals surface area contributed by atoms with Crippen LogP contribution in [0.5, 0.6) is 11.5 Å². The van der Waals surface area contributed by atoms with Crippen LogP contribution in [0.4, 0.5) is 0 Å². The van der Waals surface area contributed by atoms with E-state index in [-0.39, 0.29) is 18.7 Å². The summed E-state index contributed by atoms with van der Waals surface area (Å²) in [5.41, 5.74) is 0. The van der Waals surface area contributed by atoms with Crippen molar-refractivity contribution in [3.63, 3.8) is 0 Å². The highest BCUT2D eigenvalue weighted by molar-refractivity contribution is 5.68. The van der Waals surface area contributed by atoms with E-state index in [2.05, 4.69) is 0 Å². The lowest BCUT2D eigenvalue weighted by Crippen LogP contribution is -2.21. The molecule has 94 valence electrons. The third-order valence-corrected chi connectivity index (χ3v) is 2.16. The third kappa shape index (κ3) is 4.76. The standard InChI is InChI=1S/C13H18O4/c1-4-13(14)16-9-10(2)17-12-7-5-11(15-3)6-8-12/h5-8,10H,4,9H2,1-3H3. The number of benzene rings is 1. The van der Waals surface area contributed by atoms with Crippen molar-refractivity contribution in [1.29, 1.82) is 0 Å². The summed E-state index contributed by atoms with van der Waals surface area (Å²) in [5, 5.41) is 0. The lowest BCUT2D eigenvalue weighted by molar-refractivity contribution is -0.145. The normalized spacial score (nSPS) is 11.7. The SMILES string of the molecule is CCC(=O)OCC(C)Oc1ccc(OC)cc1. The monoisotopic (exact) mass is 238 g/mol. The number of carbonyl (C=O) groups excluding carboxylic acids is 1. The van der Waals surface area contributed by atoms with Crippen LogP contribution in [0.1, 0.15) is 20.3 Å². The van der Waals surface area contributed by atoms with E-state index < -0.39 is 0 Å². The van der Waals surface area contributed by atoms with Gasteiger partial charge in [-0.1, -0.05) is 6.92 Å². The zero-order valence-electron chi connectivity index (χ0n) is 10.4. The summed E-state index contributed by atoms with van der Waals surface area (Å²) in [6, 6.07) is 7.27. The molecule has 0 fully saturated rings. The first kappa shape index (κ1) is 13.4. The van der Waals surface area contributed by atoms with Crippen LogP contribution in [0.15, 0.2) is 24.3 Å². The topological polar surface area (TPSA) is 44.8 Å². The summed E-state index contributed by atoms with van der Waals surface area (Å²) in [6.07, 6.45) is 0.216. The van der Waals surface area contributed by atoms with Crippen LogP contribution < -0.4 is 9.47 Å². The van der Waals surface area contributed by atoms with Gasteiger partial charge in [-0.3, -0.25) is 4.79 Å². The summed E-state index contributed by atoms with van der Waals surface area (Å²) >= 11 is 0. The first-order valence-corrected chi connectivity index (χ1v) is 5.62. The van der Waals surface area contributed by atoms with Crippen molar-refractivity contribution in [2.24, 2.45) is 0 Å². The van der Waals surface area contributed by atoms with Gasteiger partial charge in [-0.25, -0.2) is 0 Å². The molecular formula is C13H18O4. The molecule has 0 aliphatic heterocycles. The second-order valence-corrected chi connectivity index (χ2v) is 3.64. The lowest BCUT2D eigenvalue weighted by Gasteiger charge is -2.14. The van der Waals surface area contributed by atoms with E-state index in [0.717, 1.165) is 11.5 Å². The highest BCUT2D eigenvalue weighted by Gasteiger charge is 2.07. The van der Waals surface area contributed by atoms with Crippen LogP contribution in [-0.4, -0.2) is 25.8 Å². The predicted molar refractivity (Wildman–Crippen MR) is 64.3 cm³/mol. The molecular weight excluding hydrogens is 220 g/mol. The van der Waals surface area contributed by atoms with Crippen molar-refractivity contribution in [3.8, 4) is 11.5 Å². The second kappa shape index (κ2) is 6.78. The Morgan fingerprint density at radius 3 is 2.35 bits per heavy atom. The van der Waals surface area contributed by atoms with Crippen LogP contribution in [0, 0.1) is 0 Å². The van der Waals surface area contributed by atoms with Gasteiger partial charge in [-0.15, -0.1) is 0 Å². The molecule has 0 saturated heterocycles. The average molecular weight is 238 g/mol. The molecule has 0 N–H and O–H groups in total. The molecule has 0 bridgehead atoms. The zero-order chi connectivity index (χ0) is 12.7. The smallest absolute Gasteiger partial charge is 0.305 e. The highest BCUT2D eigenvalue weighted by atomic mass is 16.6. The van der Waals surface area contributed by atoms with Crippen molar-refractivity contribution in [3.05, 3.63) is 24.3 Å². The Kier molecular flexibility index (Phi) is 5.33. The molecule has 0 aliphatic carbocycles. The van der Waals surface area contributed by atoms with Crippen molar-refractivity contribution in [1.82, 2.24) is 0 Å². The molecule has 0 heterocycles. The Labute approximate surface area is 101 Å². The van der Waals surface area contributed by atoms with E-state index in [1.54, 1.807) is 14.0 Å². The van der Waals surface area contributed by atoms with Crippen LogP contribution in [-0.2, 0) is 9.53 Å². The van der Waals surface area contributed by atoms with Gasteiger partial charge in [0.1, 0.15) is 24.2 Å². The maximum atomic E-state index is 11.0. The fourth-order valence-corrected chi connectivity index (χ4v) is 1.23. The Bertz CT molecular complexity index is 345. The molecule has 1 unspecified atom stereocenters. The van der Waals surface area contributed by atoms with Crippen LogP contribution in [0.2, 0.25) is 0 Å². The van der Waals surface area contributed by atoms with Gasteiger partial charge < -0.3 is 14.2 Å². The van der Waals surface area contributed by atoms with E-state index in [9.17, 15) is 4.79 Å². The Morgan fingerprint density at radius 1 is 1.24 bits per heavy atom. The minimum Gasteiger partial charge on any atom is -0.497 e. The average Bonchev–Trinajstić information content (AvgIpc) is 2.36. The Morgan fingerprint density at radius 2 is 1.82 bits per heavy atom. The summed E-state index contributed by atoms with van der Waals surface area (Å²) < 4.78 is 15.6. The van der Waals surface area contributed by atoms with Crippen molar-refractivity contribution >= 4 is 5.97 Å². The van der Waals surface area contributed by atoms with Crippen LogP contribution >= 0.6 is 0 Å². The van der Waals surface area contributed by atoms with Gasteiger partial charge in [0, 0.05) is 6.42 Å². The molecule has 4 heteroatoms. The first-order chi connectivity index (χ1) is 8.15. The molecule has 0 spiro atoms. The van der Waals surface area contributed by atoms with E-state index in [1.807, 2.05) is 31.2 Å². The number of methoxy groups -OCH3 is 1. The van der Waals surface area contributed by atoms with Gasteiger partial charge in [0.25, 0.3) is 0 Å². The molecule has 0 aliphatic rings. The minimum atomic E-state index is -0.213. The Hall–Kier alpha value is -1.71. The molecule has 4 nitrogen and oxygen atoms in total. The fourth-order valence-electron chi connectivity index (χ4n) is 1.23. The molecule has 1 aromatic rings. The van der Waals surface area contributed by atoms with E-state index in [0.29, 0.717) is 6.42 Å².